The van der Waals surface area contributed by atoms with E-state index in [0.717, 1.165) is 41.6 Å². The van der Waals surface area contributed by atoms with Crippen molar-refractivity contribution < 1.29 is 4.74 Å². The van der Waals surface area contributed by atoms with Crippen molar-refractivity contribution in [3.8, 4) is 0 Å². The van der Waals surface area contributed by atoms with Crippen molar-refractivity contribution in [1.29, 1.82) is 0 Å². The van der Waals surface area contributed by atoms with Crippen LogP contribution in [0.1, 0.15) is 54.6 Å². The molecule has 4 rings (SSSR count). The van der Waals surface area contributed by atoms with E-state index >= 15 is 0 Å². The van der Waals surface area contributed by atoms with E-state index in [1.54, 1.807) is 18.4 Å². The highest BCUT2D eigenvalue weighted by Crippen LogP contribution is 2.29. The summed E-state index contributed by atoms with van der Waals surface area (Å²) in [5.74, 6) is 0.806. The molecule has 0 spiro atoms. The van der Waals surface area contributed by atoms with Crippen LogP contribution in [0, 0.1) is 0 Å². The average Bonchev–Trinajstić information content (AvgIpc) is 3.53. The lowest BCUT2D eigenvalue weighted by Gasteiger charge is -2.30. The number of H-pyrrole nitrogens is 1. The molecular formula is C25H32N6O2S. The first-order valence-electron chi connectivity index (χ1n) is 11.8. The van der Waals surface area contributed by atoms with Gasteiger partial charge in [-0.1, -0.05) is 32.4 Å². The number of methoxy groups -OCH3 is 1. The normalized spacial score (nSPS) is 12.6. The summed E-state index contributed by atoms with van der Waals surface area (Å²) in [6.45, 7) is 6.63. The maximum atomic E-state index is 13.1. The standard InChI is InChI=1S/C25H32N6O2S/c1-4-7-23(24-27-28-29-31(24)11-12-33-3)30(17-21-8-6-13-34-21)16-20-15-19-14-18(5-2)9-10-22(19)26-25(20)32/h6,8-10,13-15,23H,4-5,7,11-12,16-17H2,1-3H3,(H,26,32). The minimum absolute atomic E-state index is 0.0315. The Hall–Kier alpha value is -2.88. The van der Waals surface area contributed by atoms with Crippen molar-refractivity contribution in [2.24, 2.45) is 0 Å². The maximum absolute atomic E-state index is 13.1. The van der Waals surface area contributed by atoms with Gasteiger partial charge in [0.2, 0.25) is 0 Å². The zero-order valence-electron chi connectivity index (χ0n) is 20.0. The Morgan fingerprint density at radius 2 is 2.09 bits per heavy atom. The maximum Gasteiger partial charge on any atom is 0.252 e. The molecule has 8 nitrogen and oxygen atoms in total. The Balaban J connectivity index is 1.72. The lowest BCUT2D eigenvalue weighted by molar-refractivity contribution is 0.148. The fraction of sp³-hybridized carbons (Fsp3) is 0.440. The topological polar surface area (TPSA) is 88.9 Å². The van der Waals surface area contributed by atoms with E-state index in [-0.39, 0.29) is 11.6 Å². The Bertz CT molecular complexity index is 1250. The smallest absolute Gasteiger partial charge is 0.252 e. The highest BCUT2D eigenvalue weighted by molar-refractivity contribution is 7.09. The van der Waals surface area contributed by atoms with Gasteiger partial charge in [0.05, 0.1) is 19.2 Å². The molecule has 0 saturated carbocycles. The number of aromatic nitrogens is 5. The van der Waals surface area contributed by atoms with Crippen LogP contribution < -0.4 is 5.56 Å². The van der Waals surface area contributed by atoms with Crippen molar-refractivity contribution in [3.63, 3.8) is 0 Å². The highest BCUT2D eigenvalue weighted by Gasteiger charge is 2.27. The van der Waals surface area contributed by atoms with Crippen molar-refractivity contribution in [2.75, 3.05) is 13.7 Å². The summed E-state index contributed by atoms with van der Waals surface area (Å²) in [7, 11) is 1.67. The molecule has 34 heavy (non-hydrogen) atoms. The highest BCUT2D eigenvalue weighted by atomic mass is 32.1. The van der Waals surface area contributed by atoms with Crippen molar-refractivity contribution in [1.82, 2.24) is 30.1 Å². The van der Waals surface area contributed by atoms with Gasteiger partial charge in [0, 0.05) is 36.2 Å². The second-order valence-corrected chi connectivity index (χ2v) is 9.47. The summed E-state index contributed by atoms with van der Waals surface area (Å²) in [5, 5.41) is 15.7. The molecular weight excluding hydrogens is 448 g/mol. The lowest BCUT2D eigenvalue weighted by Crippen LogP contribution is -2.32. The molecule has 1 aromatic carbocycles. The van der Waals surface area contributed by atoms with Gasteiger partial charge in [-0.2, -0.15) is 0 Å². The van der Waals surface area contributed by atoms with Gasteiger partial charge in [0.1, 0.15) is 0 Å². The van der Waals surface area contributed by atoms with E-state index in [1.165, 1.54) is 10.4 Å². The number of rotatable bonds is 12. The first-order chi connectivity index (χ1) is 16.6. The third kappa shape index (κ3) is 5.60. The number of hydrogen-bond acceptors (Lipinski definition) is 7. The number of thiophene rings is 1. The van der Waals surface area contributed by atoms with Gasteiger partial charge in [0.25, 0.3) is 5.56 Å². The summed E-state index contributed by atoms with van der Waals surface area (Å²) >= 11 is 1.72. The number of benzene rings is 1. The number of nitrogens with zero attached hydrogens (tertiary/aromatic N) is 5. The molecule has 4 aromatic rings. The molecule has 1 N–H and O–H groups in total. The van der Waals surface area contributed by atoms with Gasteiger partial charge in [-0.3, -0.25) is 9.69 Å². The Morgan fingerprint density at radius 1 is 1.21 bits per heavy atom. The predicted octanol–water partition coefficient (Wildman–Crippen LogP) is 4.33. The van der Waals surface area contributed by atoms with Crippen molar-refractivity contribution >= 4 is 22.2 Å². The van der Waals surface area contributed by atoms with E-state index < -0.39 is 0 Å². The van der Waals surface area contributed by atoms with Crippen molar-refractivity contribution in [3.05, 3.63) is 74.0 Å². The minimum Gasteiger partial charge on any atom is -0.383 e. The third-order valence-corrected chi connectivity index (χ3v) is 6.94. The van der Waals surface area contributed by atoms with E-state index in [0.29, 0.717) is 26.2 Å². The van der Waals surface area contributed by atoms with Crippen LogP contribution in [0.4, 0.5) is 0 Å². The first-order valence-corrected chi connectivity index (χ1v) is 12.7. The number of hydrogen-bond donors (Lipinski definition) is 1. The quantitative estimate of drug-likeness (QED) is 0.325. The number of pyridine rings is 1. The molecule has 1 atom stereocenters. The lowest BCUT2D eigenvalue weighted by atomic mass is 10.1. The van der Waals surface area contributed by atoms with Crippen LogP contribution in [0.2, 0.25) is 0 Å². The zero-order valence-corrected chi connectivity index (χ0v) is 20.8. The molecule has 1 unspecified atom stereocenters. The number of tetrazole rings is 1. The SMILES string of the molecule is CCCC(c1nnnn1CCOC)N(Cc1cccs1)Cc1cc2cc(CC)ccc2[nH]c1=O. The van der Waals surface area contributed by atoms with Crippen LogP contribution in [-0.4, -0.2) is 43.8 Å². The van der Waals surface area contributed by atoms with Crippen LogP contribution in [-0.2, 0) is 30.8 Å². The molecule has 0 aliphatic carbocycles. The van der Waals surface area contributed by atoms with E-state index in [1.807, 2.05) is 16.8 Å². The van der Waals surface area contributed by atoms with Gasteiger partial charge in [-0.15, -0.1) is 16.4 Å². The van der Waals surface area contributed by atoms with Crippen LogP contribution in [0.5, 0.6) is 0 Å². The van der Waals surface area contributed by atoms with Gasteiger partial charge >= 0.3 is 0 Å². The summed E-state index contributed by atoms with van der Waals surface area (Å²) in [4.78, 5) is 19.7. The molecule has 3 heterocycles. The van der Waals surface area contributed by atoms with Crippen LogP contribution in [0.3, 0.4) is 0 Å². The summed E-state index contributed by atoms with van der Waals surface area (Å²) in [6.07, 6.45) is 2.80. The van der Waals surface area contributed by atoms with Crippen LogP contribution >= 0.6 is 11.3 Å². The molecule has 0 saturated heterocycles. The fourth-order valence-corrected chi connectivity index (χ4v) is 5.00. The second kappa shape index (κ2) is 11.5. The van der Waals surface area contributed by atoms with Gasteiger partial charge in [-0.05, 0) is 63.9 Å². The Kier molecular flexibility index (Phi) is 8.21. The van der Waals surface area contributed by atoms with E-state index in [9.17, 15) is 4.79 Å². The number of ether oxygens (including phenoxy) is 1. The molecule has 0 aliphatic rings. The first kappa shape index (κ1) is 24.3. The Labute approximate surface area is 203 Å². The van der Waals surface area contributed by atoms with Gasteiger partial charge in [0.15, 0.2) is 5.82 Å². The molecule has 0 bridgehead atoms. The second-order valence-electron chi connectivity index (χ2n) is 8.44. The molecule has 0 aliphatic heterocycles. The van der Waals surface area contributed by atoms with E-state index in [4.69, 9.17) is 4.74 Å². The van der Waals surface area contributed by atoms with Crippen LogP contribution in [0.15, 0.2) is 46.6 Å². The van der Waals surface area contributed by atoms with Gasteiger partial charge < -0.3 is 9.72 Å². The average molecular weight is 481 g/mol. The Morgan fingerprint density at radius 3 is 2.82 bits per heavy atom. The molecule has 0 radical (unpaired) electrons. The number of nitrogens with one attached hydrogen (secondary N) is 1. The zero-order chi connectivity index (χ0) is 23.9. The number of fused-ring (bicyclic) bond motifs is 1. The minimum atomic E-state index is -0.0536. The van der Waals surface area contributed by atoms with Crippen LogP contribution in [0.25, 0.3) is 10.9 Å². The van der Waals surface area contributed by atoms with Gasteiger partial charge in [-0.25, -0.2) is 4.68 Å². The van der Waals surface area contributed by atoms with E-state index in [2.05, 4.69) is 68.9 Å². The monoisotopic (exact) mass is 480 g/mol. The molecule has 3 aromatic heterocycles. The number of aromatic amines is 1. The molecule has 180 valence electrons. The molecule has 9 heteroatoms. The van der Waals surface area contributed by atoms with Crippen molar-refractivity contribution in [2.45, 2.75) is 58.8 Å². The predicted molar refractivity (Wildman–Crippen MR) is 135 cm³/mol. The largest absolute Gasteiger partial charge is 0.383 e. The summed E-state index contributed by atoms with van der Waals surface area (Å²) < 4.78 is 7.08. The molecule has 0 amide bonds. The third-order valence-electron chi connectivity index (χ3n) is 6.07. The summed E-state index contributed by atoms with van der Waals surface area (Å²) in [6, 6.07) is 12.4. The number of aryl methyl sites for hydroxylation is 1. The summed E-state index contributed by atoms with van der Waals surface area (Å²) in [5.41, 5.74) is 2.81. The molecule has 0 fully saturated rings. The fourth-order valence-electron chi connectivity index (χ4n) is 4.27.